The minimum absolute atomic E-state index is 0. The second kappa shape index (κ2) is 15.8. The van der Waals surface area contributed by atoms with Gasteiger partial charge in [0.15, 0.2) is 0 Å². The first-order valence-electron chi connectivity index (χ1n) is 16.8. The van der Waals surface area contributed by atoms with Crippen molar-refractivity contribution in [1.82, 2.24) is 15.0 Å². The predicted molar refractivity (Wildman–Crippen MR) is 203 cm³/mol. The first-order valence-corrected chi connectivity index (χ1v) is 24.1. The van der Waals surface area contributed by atoms with Gasteiger partial charge in [-0.15, -0.1) is 18.2 Å². The van der Waals surface area contributed by atoms with Gasteiger partial charge in [-0.25, -0.2) is 4.98 Å². The summed E-state index contributed by atoms with van der Waals surface area (Å²) in [6.45, 7) is 8.99. The quantitative estimate of drug-likeness (QED) is 0.118. The maximum atomic E-state index is 6.17. The third-order valence-electron chi connectivity index (χ3n) is 8.47. The molecule has 4 nitrogen and oxygen atoms in total. The van der Waals surface area contributed by atoms with E-state index in [4.69, 9.17) is 4.42 Å². The van der Waals surface area contributed by atoms with Crippen LogP contribution >= 0.6 is 0 Å². The minimum atomic E-state index is -1.85. The summed E-state index contributed by atoms with van der Waals surface area (Å²) in [7, 11) is 0. The molecule has 251 valence electrons. The SMILES string of the molecule is CC(C)Cc1ccnc(-c2[c-]ccc3c2oc2ncc(-c4ccccc4)cc23)c1.CC(C)c1cc(-c2[c-]cccc2)nc[c]1[Ge]([CH3])([CH3])[CH3].[Ir]. The molecule has 0 saturated carbocycles. The molecule has 0 unspecified atom stereocenters. The molecule has 4 heterocycles. The van der Waals surface area contributed by atoms with E-state index in [1.165, 1.54) is 15.5 Å². The molecule has 4 aromatic heterocycles. The summed E-state index contributed by atoms with van der Waals surface area (Å²) in [5.74, 6) is 8.42. The number of hydrogen-bond acceptors (Lipinski definition) is 4. The van der Waals surface area contributed by atoms with Crippen molar-refractivity contribution in [2.75, 3.05) is 0 Å². The Hall–Kier alpha value is -3.90. The molecule has 0 aliphatic rings. The number of aromatic nitrogens is 3. The number of fused-ring (bicyclic) bond motifs is 3. The Morgan fingerprint density at radius 3 is 2.18 bits per heavy atom. The van der Waals surface area contributed by atoms with E-state index in [0.29, 0.717) is 17.5 Å². The van der Waals surface area contributed by atoms with Crippen molar-refractivity contribution >= 4 is 39.7 Å². The van der Waals surface area contributed by atoms with E-state index in [0.717, 1.165) is 56.4 Å². The molecule has 1 radical (unpaired) electrons. The van der Waals surface area contributed by atoms with E-state index in [1.807, 2.05) is 60.9 Å². The van der Waals surface area contributed by atoms with Crippen molar-refractivity contribution in [2.24, 2.45) is 5.92 Å². The zero-order chi connectivity index (χ0) is 33.8. The summed E-state index contributed by atoms with van der Waals surface area (Å²) < 4.78 is 7.69. The van der Waals surface area contributed by atoms with Gasteiger partial charge in [0.1, 0.15) is 0 Å². The van der Waals surface area contributed by atoms with Crippen LogP contribution in [0.2, 0.25) is 17.3 Å². The van der Waals surface area contributed by atoms with Crippen LogP contribution in [-0.4, -0.2) is 28.2 Å². The van der Waals surface area contributed by atoms with Gasteiger partial charge in [-0.3, -0.25) is 0 Å². The van der Waals surface area contributed by atoms with Gasteiger partial charge in [0.25, 0.3) is 0 Å². The van der Waals surface area contributed by atoms with Gasteiger partial charge in [0.05, 0.1) is 5.58 Å². The van der Waals surface area contributed by atoms with Crippen molar-refractivity contribution in [2.45, 2.75) is 57.3 Å². The molecular weight excluding hydrogens is 839 g/mol. The summed E-state index contributed by atoms with van der Waals surface area (Å²) in [6, 6.07) is 37.5. The van der Waals surface area contributed by atoms with Crippen LogP contribution in [0.4, 0.5) is 0 Å². The molecule has 7 rings (SSSR count). The second-order valence-corrected chi connectivity index (χ2v) is 24.7. The number of pyridine rings is 3. The maximum Gasteiger partial charge on any atom is 0 e. The van der Waals surface area contributed by atoms with Crippen molar-refractivity contribution < 1.29 is 24.5 Å². The van der Waals surface area contributed by atoms with Crippen molar-refractivity contribution in [3.05, 3.63) is 133 Å². The average molecular weight is 883 g/mol. The Morgan fingerprint density at radius 2 is 1.49 bits per heavy atom. The van der Waals surface area contributed by atoms with Gasteiger partial charge in [-0.1, -0.05) is 66.8 Å². The number of furan rings is 1. The van der Waals surface area contributed by atoms with Crippen LogP contribution in [0.5, 0.6) is 0 Å². The van der Waals surface area contributed by atoms with Crippen LogP contribution < -0.4 is 4.40 Å². The molecule has 0 N–H and O–H groups in total. The zero-order valence-electron chi connectivity index (χ0n) is 29.3. The molecule has 3 aromatic carbocycles. The van der Waals surface area contributed by atoms with E-state index in [9.17, 15) is 0 Å². The molecule has 0 aliphatic heterocycles. The monoisotopic (exact) mass is 884 g/mol. The van der Waals surface area contributed by atoms with Gasteiger partial charge in [-0.2, -0.15) is 0 Å². The smallest absolute Gasteiger partial charge is 0 e. The summed E-state index contributed by atoms with van der Waals surface area (Å²) in [6.07, 6.45) is 6.87. The first-order chi connectivity index (χ1) is 23.1. The normalized spacial score (nSPS) is 11.4. The molecule has 0 atom stereocenters. The van der Waals surface area contributed by atoms with Gasteiger partial charge < -0.3 is 9.40 Å². The van der Waals surface area contributed by atoms with Crippen LogP contribution in [0.1, 0.15) is 44.7 Å². The molecule has 0 bridgehead atoms. The van der Waals surface area contributed by atoms with Crippen LogP contribution in [0, 0.1) is 18.1 Å². The Morgan fingerprint density at radius 1 is 0.714 bits per heavy atom. The van der Waals surface area contributed by atoms with Crippen LogP contribution in [0.25, 0.3) is 55.7 Å². The molecule has 0 fully saturated rings. The topological polar surface area (TPSA) is 51.8 Å². The second-order valence-electron chi connectivity index (χ2n) is 14.1. The fourth-order valence-corrected chi connectivity index (χ4v) is 9.61. The van der Waals surface area contributed by atoms with Gasteiger partial charge in [-0.05, 0) is 35.7 Å². The van der Waals surface area contributed by atoms with Crippen molar-refractivity contribution in [1.29, 1.82) is 0 Å². The summed E-state index contributed by atoms with van der Waals surface area (Å²) in [4.78, 5) is 13.9. The van der Waals surface area contributed by atoms with Crippen molar-refractivity contribution in [3.63, 3.8) is 0 Å². The molecule has 0 amide bonds. The summed E-state index contributed by atoms with van der Waals surface area (Å²) in [5, 5.41) is 2.05. The fourth-order valence-electron chi connectivity index (χ4n) is 6.09. The van der Waals surface area contributed by atoms with E-state index < -0.39 is 13.3 Å². The molecule has 0 saturated heterocycles. The first kappa shape index (κ1) is 36.4. The van der Waals surface area contributed by atoms with Crippen LogP contribution in [0.15, 0.2) is 114 Å². The van der Waals surface area contributed by atoms with E-state index >= 15 is 0 Å². The number of nitrogens with zero attached hydrogens (tertiary/aromatic N) is 3. The van der Waals surface area contributed by atoms with E-state index in [-0.39, 0.29) is 20.1 Å². The van der Waals surface area contributed by atoms with E-state index in [1.54, 1.807) is 0 Å². The molecule has 7 aromatic rings. The maximum absolute atomic E-state index is 6.17. The van der Waals surface area contributed by atoms with Crippen LogP contribution in [0.3, 0.4) is 0 Å². The number of hydrogen-bond donors (Lipinski definition) is 0. The number of rotatable bonds is 7. The van der Waals surface area contributed by atoms with E-state index in [2.05, 4.69) is 121 Å². The Kier molecular flexibility index (Phi) is 11.7. The molecule has 6 heteroatoms. The average Bonchev–Trinajstić information content (AvgIpc) is 3.47. The van der Waals surface area contributed by atoms with Gasteiger partial charge in [0, 0.05) is 43.4 Å². The summed E-state index contributed by atoms with van der Waals surface area (Å²) >= 11 is -1.85. The minimum Gasteiger partial charge on any atom is 0 e. The standard InChI is InChI=1S/C26H21N2O.C17H22GeN.Ir/c1-17(2)13-18-11-12-27-24(14-18)22-10-6-9-21-23-15-20(19-7-4-3-5-8-19)16-28-26(23)29-25(21)22;1-13(2)15-11-17(14-9-7-6-8-10-14)19-12-16(15)18(3,4)5;/h3-9,11-12,14-17H,13H2,1-2H3;6-9,11-13H,1-5H3;/q2*-1;. The summed E-state index contributed by atoms with van der Waals surface area (Å²) in [5.41, 5.74) is 10.3. The Balaban J connectivity index is 0.000000205. The zero-order valence-corrected chi connectivity index (χ0v) is 33.8. The Labute approximate surface area is 307 Å². The third-order valence-corrected chi connectivity index (χ3v) is 12.7. The van der Waals surface area contributed by atoms with Gasteiger partial charge >= 0.3 is 119 Å². The molecule has 0 aliphatic carbocycles. The Bertz CT molecular complexity index is 2150. The fraction of sp³-hybridized carbons (Fsp3) is 0.233. The third kappa shape index (κ3) is 8.46. The molecular formula is C43H43GeIrN3O-2. The number of benzene rings is 3. The molecule has 49 heavy (non-hydrogen) atoms. The predicted octanol–water partition coefficient (Wildman–Crippen LogP) is 10.9. The molecule has 0 spiro atoms. The van der Waals surface area contributed by atoms with Crippen LogP contribution in [-0.2, 0) is 26.5 Å². The van der Waals surface area contributed by atoms with Crippen molar-refractivity contribution in [3.8, 4) is 33.6 Å². The largest absolute Gasteiger partial charge is 0 e. The van der Waals surface area contributed by atoms with Gasteiger partial charge in [0.2, 0.25) is 5.71 Å².